The molecule has 0 aromatic heterocycles. The van der Waals surface area contributed by atoms with Crippen LogP contribution in [-0.2, 0) is 49.3 Å². The summed E-state index contributed by atoms with van der Waals surface area (Å²) < 4.78 is 39.9. The Hall–Kier alpha value is -4.79. The Bertz CT molecular complexity index is 1960. The number of ether oxygens (including phenoxy) is 2. The molecule has 0 radical (unpaired) electrons. The van der Waals surface area contributed by atoms with Gasteiger partial charge in [0.05, 0.1) is 43.3 Å². The van der Waals surface area contributed by atoms with E-state index in [0.29, 0.717) is 25.2 Å². The minimum atomic E-state index is -3.98. The smallest absolute Gasteiger partial charge is 0.407 e. The summed E-state index contributed by atoms with van der Waals surface area (Å²) in [5.41, 5.74) is 2.95. The van der Waals surface area contributed by atoms with Crippen LogP contribution in [0.5, 0.6) is 5.75 Å². The van der Waals surface area contributed by atoms with E-state index in [1.165, 1.54) is 16.4 Å². The molecule has 0 saturated carbocycles. The van der Waals surface area contributed by atoms with Crippen molar-refractivity contribution < 1.29 is 42.8 Å². The maximum absolute atomic E-state index is 14.5. The lowest BCUT2D eigenvalue weighted by molar-refractivity contribution is -0.127. The molecule has 0 aliphatic carbocycles. The summed E-state index contributed by atoms with van der Waals surface area (Å²) in [7, 11) is -3.98. The van der Waals surface area contributed by atoms with E-state index >= 15 is 0 Å². The van der Waals surface area contributed by atoms with Gasteiger partial charge < -0.3 is 35.4 Å². The lowest BCUT2D eigenvalue weighted by Crippen LogP contribution is -2.53. The Kier molecular flexibility index (Phi) is 16.7. The number of sulfonamides is 1. The summed E-state index contributed by atoms with van der Waals surface area (Å²) in [5, 5.41) is 39.7. The predicted molar refractivity (Wildman–Crippen MR) is 222 cm³/mol. The Morgan fingerprint density at radius 1 is 0.759 bits per heavy atom. The number of alkyl carbamates (subject to hydrolysis) is 1. The van der Waals surface area contributed by atoms with Crippen LogP contribution >= 0.6 is 0 Å². The second-order valence-corrected chi connectivity index (χ2v) is 17.5. The van der Waals surface area contributed by atoms with Gasteiger partial charge in [0.1, 0.15) is 11.9 Å². The molecule has 1 aliphatic heterocycles. The number of hydrogen-bond acceptors (Lipinski definition) is 9. The van der Waals surface area contributed by atoms with Gasteiger partial charge in [-0.3, -0.25) is 4.79 Å². The molecule has 0 unspecified atom stereocenters. The fraction of sp³-hybridized carbons (Fsp3) is 0.422. The van der Waals surface area contributed by atoms with E-state index in [9.17, 15) is 33.3 Å². The van der Waals surface area contributed by atoms with Gasteiger partial charge in [-0.2, -0.15) is 4.31 Å². The van der Waals surface area contributed by atoms with E-state index in [2.05, 4.69) is 10.6 Å². The van der Waals surface area contributed by atoms with Gasteiger partial charge in [0.25, 0.3) is 0 Å². The molecule has 4 aromatic rings. The Morgan fingerprint density at radius 2 is 1.31 bits per heavy atom. The third-order valence-corrected chi connectivity index (χ3v) is 11.9. The molecule has 0 spiro atoms. The van der Waals surface area contributed by atoms with Crippen LogP contribution in [0.2, 0.25) is 0 Å². The van der Waals surface area contributed by atoms with Gasteiger partial charge in [0, 0.05) is 25.4 Å². The zero-order chi connectivity index (χ0) is 41.5. The molecule has 1 aliphatic rings. The zero-order valence-corrected chi connectivity index (χ0v) is 34.0. The first-order valence-electron chi connectivity index (χ1n) is 19.9. The number of aliphatic hydroxyl groups excluding tert-OH is 2. The fourth-order valence-corrected chi connectivity index (χ4v) is 8.86. The fourth-order valence-electron chi connectivity index (χ4n) is 7.18. The number of hydrogen-bond donors (Lipinski definition) is 5. The molecule has 5 rings (SSSR count). The number of amides is 2. The van der Waals surface area contributed by atoms with Crippen LogP contribution in [0.15, 0.2) is 115 Å². The van der Waals surface area contributed by atoms with Crippen molar-refractivity contribution >= 4 is 22.0 Å². The predicted octanol–water partition coefficient (Wildman–Crippen LogP) is 5.00. The Morgan fingerprint density at radius 3 is 1.84 bits per heavy atom. The van der Waals surface area contributed by atoms with Crippen molar-refractivity contribution in [3.05, 3.63) is 138 Å². The van der Waals surface area contributed by atoms with E-state index in [1.54, 1.807) is 12.1 Å². The van der Waals surface area contributed by atoms with Crippen LogP contribution in [0.25, 0.3) is 0 Å². The molecule has 1 heterocycles. The second kappa shape index (κ2) is 21.8. The number of rotatable bonds is 21. The van der Waals surface area contributed by atoms with Crippen LogP contribution in [0.1, 0.15) is 48.9 Å². The third-order valence-electron chi connectivity index (χ3n) is 10.2. The molecule has 58 heavy (non-hydrogen) atoms. The molecule has 6 atom stereocenters. The van der Waals surface area contributed by atoms with Crippen LogP contribution in [0, 0.1) is 11.8 Å². The highest BCUT2D eigenvalue weighted by Gasteiger charge is 2.34. The topological polar surface area (TPSA) is 175 Å². The molecular weight excluding hydrogens is 759 g/mol. The lowest BCUT2D eigenvalue weighted by Gasteiger charge is -2.32. The van der Waals surface area contributed by atoms with E-state index in [0.717, 1.165) is 16.7 Å². The standard InChI is InChI=1S/C45H57N3O9S/c1-32(2)28-48(58(54,55)31-36-19-12-20-38(49)24-36)29-43(51)41(26-35-17-10-5-11-18-35)46-44(52)37(23-33-13-6-3-7-14-33)27-42(50)40(25-34-15-8-4-9-16-34)47-45(53)57-39-21-22-56-30-39/h3-20,24,32,37,39-43,49-51H,21-23,25-31H2,1-2H3,(H,46,52)(H,47,53)/t37-,39+,40+,41+,42+,43-/m1/s1. The van der Waals surface area contributed by atoms with Crippen molar-refractivity contribution in [3.63, 3.8) is 0 Å². The van der Waals surface area contributed by atoms with Crippen molar-refractivity contribution in [3.8, 4) is 5.75 Å². The summed E-state index contributed by atoms with van der Waals surface area (Å²) in [5.74, 6) is -1.77. The van der Waals surface area contributed by atoms with Gasteiger partial charge in [0.2, 0.25) is 15.9 Å². The quantitative estimate of drug-likeness (QED) is 0.0776. The summed E-state index contributed by atoms with van der Waals surface area (Å²) in [6.45, 7) is 4.39. The molecule has 1 fully saturated rings. The van der Waals surface area contributed by atoms with E-state index in [-0.39, 0.29) is 56.2 Å². The van der Waals surface area contributed by atoms with Crippen LogP contribution in [0.4, 0.5) is 4.79 Å². The second-order valence-electron chi connectivity index (χ2n) is 15.5. The summed E-state index contributed by atoms with van der Waals surface area (Å²) >= 11 is 0. The molecule has 0 bridgehead atoms. The average molecular weight is 816 g/mol. The van der Waals surface area contributed by atoms with Crippen molar-refractivity contribution in [1.29, 1.82) is 0 Å². The first kappa shape index (κ1) is 44.3. The van der Waals surface area contributed by atoms with Crippen LogP contribution in [-0.4, -0.2) is 96.7 Å². The van der Waals surface area contributed by atoms with Crippen molar-refractivity contribution in [2.45, 2.75) is 82.1 Å². The summed E-state index contributed by atoms with van der Waals surface area (Å²) in [4.78, 5) is 27.6. The number of carbonyl (C=O) groups is 2. The highest BCUT2D eigenvalue weighted by molar-refractivity contribution is 7.88. The van der Waals surface area contributed by atoms with E-state index < -0.39 is 58.3 Å². The minimum Gasteiger partial charge on any atom is -0.508 e. The highest BCUT2D eigenvalue weighted by atomic mass is 32.2. The number of nitrogens with zero attached hydrogens (tertiary/aromatic N) is 1. The molecule has 4 aromatic carbocycles. The molecule has 12 nitrogen and oxygen atoms in total. The first-order chi connectivity index (χ1) is 27.8. The summed E-state index contributed by atoms with van der Waals surface area (Å²) in [6.07, 6.45) is -2.34. The van der Waals surface area contributed by atoms with Crippen LogP contribution < -0.4 is 10.6 Å². The largest absolute Gasteiger partial charge is 0.508 e. The zero-order valence-electron chi connectivity index (χ0n) is 33.2. The van der Waals surface area contributed by atoms with Gasteiger partial charge >= 0.3 is 6.09 Å². The highest BCUT2D eigenvalue weighted by Crippen LogP contribution is 2.22. The number of aliphatic hydroxyl groups is 2. The lowest BCUT2D eigenvalue weighted by atomic mass is 9.88. The van der Waals surface area contributed by atoms with Gasteiger partial charge in [-0.1, -0.05) is 117 Å². The van der Waals surface area contributed by atoms with Crippen molar-refractivity contribution in [2.24, 2.45) is 11.8 Å². The van der Waals surface area contributed by atoms with Gasteiger partial charge in [-0.25, -0.2) is 13.2 Å². The molecule has 1 saturated heterocycles. The first-order valence-corrected chi connectivity index (χ1v) is 21.5. The van der Waals surface area contributed by atoms with Gasteiger partial charge in [0.15, 0.2) is 0 Å². The normalized spacial score (nSPS) is 17.0. The minimum absolute atomic E-state index is 0.0447. The number of benzene rings is 4. The molecule has 13 heteroatoms. The monoisotopic (exact) mass is 815 g/mol. The van der Waals surface area contributed by atoms with Gasteiger partial charge in [-0.05, 0) is 66.0 Å². The molecule has 5 N–H and O–H groups in total. The van der Waals surface area contributed by atoms with Crippen LogP contribution in [0.3, 0.4) is 0 Å². The van der Waals surface area contributed by atoms with E-state index in [1.807, 2.05) is 105 Å². The number of phenols is 1. The Balaban J connectivity index is 1.39. The molecular formula is C45H57N3O9S. The number of aromatic hydroxyl groups is 1. The average Bonchev–Trinajstić information content (AvgIpc) is 3.70. The number of nitrogens with one attached hydrogen (secondary N) is 2. The van der Waals surface area contributed by atoms with Crippen molar-refractivity contribution in [2.75, 3.05) is 26.3 Å². The van der Waals surface area contributed by atoms with E-state index in [4.69, 9.17) is 9.47 Å². The Labute approximate surface area is 342 Å². The molecule has 312 valence electrons. The maximum atomic E-state index is 14.5. The third kappa shape index (κ3) is 14.2. The van der Waals surface area contributed by atoms with Gasteiger partial charge in [-0.15, -0.1) is 0 Å². The SMILES string of the molecule is CC(C)CN(C[C@@H](O)[C@H](Cc1ccccc1)NC(=O)[C@H](Cc1ccccc1)C[C@H](O)[C@H](Cc1ccccc1)NC(=O)O[C@H]1CCOC1)S(=O)(=O)Cc1cccc(O)c1. The number of carbonyl (C=O) groups excluding carboxylic acids is 2. The van der Waals surface area contributed by atoms with Crippen molar-refractivity contribution in [1.82, 2.24) is 14.9 Å². The number of phenolic OH excluding ortho intramolecular Hbond substituents is 1. The summed E-state index contributed by atoms with van der Waals surface area (Å²) in [6, 6.07) is 32.5. The molecule has 2 amide bonds. The maximum Gasteiger partial charge on any atom is 0.407 e.